The molecule has 0 heterocycles. The molecule has 0 aliphatic heterocycles. The number of benzene rings is 2. The second-order valence-electron chi connectivity index (χ2n) is 6.70. The Kier molecular flexibility index (Phi) is 7.69. The summed E-state index contributed by atoms with van der Waals surface area (Å²) in [6.45, 7) is 4.70. The lowest BCUT2D eigenvalue weighted by atomic mass is 10.2. The smallest absolute Gasteiger partial charge is 0.307 e. The Morgan fingerprint density at radius 2 is 1.87 bits per heavy atom. The molecule has 0 fully saturated rings. The Morgan fingerprint density at radius 3 is 2.57 bits per heavy atom. The molecule has 1 atom stereocenters. The molecule has 30 heavy (non-hydrogen) atoms. The molecule has 1 amide bonds. The van der Waals surface area contributed by atoms with E-state index >= 15 is 0 Å². The summed E-state index contributed by atoms with van der Waals surface area (Å²) in [6, 6.07) is 13.5. The number of sulfonamides is 1. The Labute approximate surface area is 175 Å². The minimum absolute atomic E-state index is 0.153. The molecular weight excluding hydrogens is 406 g/mol. The van der Waals surface area contributed by atoms with E-state index in [0.717, 1.165) is 5.56 Å². The fourth-order valence-electron chi connectivity index (χ4n) is 2.60. The molecule has 0 aromatic heterocycles. The van der Waals surface area contributed by atoms with E-state index in [9.17, 15) is 18.0 Å². The number of carbonyl (C=O) groups is 2. The first-order valence-electron chi connectivity index (χ1n) is 9.20. The summed E-state index contributed by atoms with van der Waals surface area (Å²) in [5, 5.41) is 11.6. The van der Waals surface area contributed by atoms with Gasteiger partial charge in [-0.2, -0.15) is 5.26 Å². The third kappa shape index (κ3) is 6.14. The van der Waals surface area contributed by atoms with Gasteiger partial charge in [-0.1, -0.05) is 24.3 Å². The van der Waals surface area contributed by atoms with E-state index in [0.29, 0.717) is 11.3 Å². The normalized spacial score (nSPS) is 11.9. The highest BCUT2D eigenvalue weighted by Crippen LogP contribution is 2.17. The van der Waals surface area contributed by atoms with Gasteiger partial charge in [0.1, 0.15) is 6.07 Å². The molecule has 0 radical (unpaired) electrons. The molecular formula is C21H23N3O5S. The zero-order valence-electron chi connectivity index (χ0n) is 16.9. The van der Waals surface area contributed by atoms with E-state index in [1.807, 2.05) is 12.1 Å². The zero-order valence-corrected chi connectivity index (χ0v) is 17.7. The number of hydrogen-bond donors (Lipinski definition) is 2. The van der Waals surface area contributed by atoms with Gasteiger partial charge in [-0.15, -0.1) is 0 Å². The number of rotatable bonds is 8. The topological polar surface area (TPSA) is 125 Å². The maximum absolute atomic E-state index is 12.4. The summed E-state index contributed by atoms with van der Waals surface area (Å²) in [5.74, 6) is -1.32. The molecule has 0 spiro atoms. The second-order valence-corrected chi connectivity index (χ2v) is 8.43. The molecule has 158 valence electrons. The number of ether oxygens (including phenoxy) is 1. The first-order chi connectivity index (χ1) is 14.1. The molecule has 0 saturated carbocycles. The van der Waals surface area contributed by atoms with E-state index in [2.05, 4.69) is 10.0 Å². The number of nitrogens with zero attached hydrogens (tertiary/aromatic N) is 1. The summed E-state index contributed by atoms with van der Waals surface area (Å²) >= 11 is 0. The Balaban J connectivity index is 1.87. The molecule has 2 aromatic carbocycles. The molecule has 0 bridgehead atoms. The van der Waals surface area contributed by atoms with Crippen molar-refractivity contribution in [3.05, 3.63) is 59.2 Å². The summed E-state index contributed by atoms with van der Waals surface area (Å²) in [7, 11) is -3.77. The van der Waals surface area contributed by atoms with Crippen molar-refractivity contribution >= 4 is 27.6 Å². The van der Waals surface area contributed by atoms with Crippen LogP contribution in [0, 0.1) is 25.2 Å². The first-order valence-corrected chi connectivity index (χ1v) is 10.7. The van der Waals surface area contributed by atoms with Crippen LogP contribution >= 0.6 is 0 Å². The summed E-state index contributed by atoms with van der Waals surface area (Å²) in [4.78, 5) is 24.3. The number of carbonyl (C=O) groups excluding carboxylic acids is 2. The fraction of sp³-hybridized carbons (Fsp3) is 0.286. The SMILES string of the molecule is Cc1ccc(C)c(S(=O)(=O)NCCC(=O)O[C@@H](C)C(=O)Nc2ccccc2C#N)c1. The van der Waals surface area contributed by atoms with Gasteiger partial charge >= 0.3 is 5.97 Å². The lowest BCUT2D eigenvalue weighted by Gasteiger charge is -2.14. The predicted octanol–water partition coefficient (Wildman–Crippen LogP) is 2.41. The maximum atomic E-state index is 12.4. The van der Waals surface area contributed by atoms with Crippen LogP contribution in [-0.2, 0) is 24.3 Å². The van der Waals surface area contributed by atoms with Gasteiger partial charge in [0.2, 0.25) is 10.0 Å². The molecule has 2 rings (SSSR count). The minimum Gasteiger partial charge on any atom is -0.452 e. The van der Waals surface area contributed by atoms with Crippen molar-refractivity contribution in [3.8, 4) is 6.07 Å². The number of para-hydroxylation sites is 1. The van der Waals surface area contributed by atoms with Crippen molar-refractivity contribution in [2.75, 3.05) is 11.9 Å². The minimum atomic E-state index is -3.77. The van der Waals surface area contributed by atoms with Crippen LogP contribution in [0.1, 0.15) is 30.0 Å². The lowest BCUT2D eigenvalue weighted by molar-refractivity contribution is -0.152. The highest BCUT2D eigenvalue weighted by atomic mass is 32.2. The van der Waals surface area contributed by atoms with Gasteiger partial charge in [-0.05, 0) is 50.1 Å². The number of aryl methyl sites for hydroxylation is 2. The van der Waals surface area contributed by atoms with Gasteiger partial charge < -0.3 is 10.1 Å². The molecule has 9 heteroatoms. The van der Waals surface area contributed by atoms with Crippen LogP contribution in [0.3, 0.4) is 0 Å². The van der Waals surface area contributed by atoms with Crippen LogP contribution in [0.25, 0.3) is 0 Å². The van der Waals surface area contributed by atoms with Gasteiger partial charge in [0.25, 0.3) is 5.91 Å². The number of hydrogen-bond acceptors (Lipinski definition) is 6. The molecule has 0 saturated heterocycles. The van der Waals surface area contributed by atoms with Gasteiger partial charge in [0.05, 0.1) is 22.6 Å². The van der Waals surface area contributed by atoms with Crippen molar-refractivity contribution in [1.29, 1.82) is 5.26 Å². The van der Waals surface area contributed by atoms with Gasteiger partial charge in [-0.25, -0.2) is 13.1 Å². The molecule has 2 aromatic rings. The zero-order chi connectivity index (χ0) is 22.3. The van der Waals surface area contributed by atoms with Crippen LogP contribution in [0.5, 0.6) is 0 Å². The average molecular weight is 429 g/mol. The Bertz CT molecular complexity index is 1090. The highest BCUT2D eigenvalue weighted by molar-refractivity contribution is 7.89. The molecule has 8 nitrogen and oxygen atoms in total. The molecule has 0 unspecified atom stereocenters. The Hall–Kier alpha value is -3.22. The van der Waals surface area contributed by atoms with Gasteiger partial charge in [-0.3, -0.25) is 9.59 Å². The number of nitriles is 1. The summed E-state index contributed by atoms with van der Waals surface area (Å²) < 4.78 is 32.3. The summed E-state index contributed by atoms with van der Waals surface area (Å²) in [5.41, 5.74) is 2.00. The van der Waals surface area contributed by atoms with E-state index in [1.165, 1.54) is 6.92 Å². The van der Waals surface area contributed by atoms with Crippen LogP contribution < -0.4 is 10.0 Å². The van der Waals surface area contributed by atoms with Gasteiger partial charge in [0.15, 0.2) is 6.10 Å². The highest BCUT2D eigenvalue weighted by Gasteiger charge is 2.20. The van der Waals surface area contributed by atoms with Crippen molar-refractivity contribution < 1.29 is 22.7 Å². The Morgan fingerprint density at radius 1 is 1.17 bits per heavy atom. The van der Waals surface area contributed by atoms with E-state index in [4.69, 9.17) is 10.00 Å². The lowest BCUT2D eigenvalue weighted by Crippen LogP contribution is -2.32. The average Bonchev–Trinajstić information content (AvgIpc) is 2.69. The number of nitrogens with one attached hydrogen (secondary N) is 2. The largest absolute Gasteiger partial charge is 0.452 e. The van der Waals surface area contributed by atoms with E-state index < -0.39 is 28.0 Å². The van der Waals surface area contributed by atoms with Crippen LogP contribution in [-0.4, -0.2) is 32.9 Å². The first kappa shape index (κ1) is 23.1. The number of esters is 1. The van der Waals surface area contributed by atoms with Crippen molar-refractivity contribution in [1.82, 2.24) is 4.72 Å². The predicted molar refractivity (Wildman–Crippen MR) is 111 cm³/mol. The third-order valence-corrected chi connectivity index (χ3v) is 5.84. The molecule has 0 aliphatic rings. The third-order valence-electron chi connectivity index (χ3n) is 4.24. The standard InChI is InChI=1S/C21H23N3O5S/c1-14-8-9-15(2)19(12-14)30(27,28)23-11-10-20(25)29-16(3)21(26)24-18-7-5-4-6-17(18)13-22/h4-9,12,16,23H,10-11H2,1-3H3,(H,24,26)/t16-/m0/s1. The quantitative estimate of drug-likeness (QED) is 0.621. The number of amides is 1. The summed E-state index contributed by atoms with van der Waals surface area (Å²) in [6.07, 6.45) is -1.35. The van der Waals surface area contributed by atoms with Crippen molar-refractivity contribution in [3.63, 3.8) is 0 Å². The van der Waals surface area contributed by atoms with Crippen LogP contribution in [0.4, 0.5) is 5.69 Å². The fourth-order valence-corrected chi connectivity index (χ4v) is 3.95. The monoisotopic (exact) mass is 429 g/mol. The van der Waals surface area contributed by atoms with Crippen LogP contribution in [0.2, 0.25) is 0 Å². The number of anilines is 1. The molecule has 0 aliphatic carbocycles. The van der Waals surface area contributed by atoms with E-state index in [1.54, 1.807) is 50.2 Å². The van der Waals surface area contributed by atoms with E-state index in [-0.39, 0.29) is 23.4 Å². The van der Waals surface area contributed by atoms with Crippen LogP contribution in [0.15, 0.2) is 47.4 Å². The van der Waals surface area contributed by atoms with Gasteiger partial charge in [0, 0.05) is 6.54 Å². The second kappa shape index (κ2) is 10.0. The van der Waals surface area contributed by atoms with Crippen molar-refractivity contribution in [2.45, 2.75) is 38.2 Å². The van der Waals surface area contributed by atoms with Crippen molar-refractivity contribution in [2.24, 2.45) is 0 Å². The molecule has 2 N–H and O–H groups in total. The maximum Gasteiger partial charge on any atom is 0.307 e.